The summed E-state index contributed by atoms with van der Waals surface area (Å²) in [6.45, 7) is 7.74. The van der Waals surface area contributed by atoms with Gasteiger partial charge in [-0.15, -0.1) is 0 Å². The van der Waals surface area contributed by atoms with Crippen LogP contribution in [-0.2, 0) is 4.79 Å². The number of nitrogens with zero attached hydrogens (tertiary/aromatic N) is 3. The fourth-order valence-electron chi connectivity index (χ4n) is 3.90. The van der Waals surface area contributed by atoms with Gasteiger partial charge in [-0.1, -0.05) is 44.2 Å². The first-order valence-electron chi connectivity index (χ1n) is 9.68. The molecule has 2 heterocycles. The van der Waals surface area contributed by atoms with E-state index in [0.717, 1.165) is 38.4 Å². The molecule has 1 saturated heterocycles. The van der Waals surface area contributed by atoms with E-state index in [1.807, 2.05) is 29.3 Å². The van der Waals surface area contributed by atoms with E-state index in [0.29, 0.717) is 17.7 Å². The molecular formula is C22H27N3O. The third-order valence-electron chi connectivity index (χ3n) is 5.70. The second kappa shape index (κ2) is 7.10. The van der Waals surface area contributed by atoms with Gasteiger partial charge in [-0.05, 0) is 41.5 Å². The van der Waals surface area contributed by atoms with E-state index in [2.05, 4.69) is 48.0 Å². The topological polar surface area (TPSA) is 36.4 Å². The lowest BCUT2D eigenvalue weighted by Gasteiger charge is -2.35. The quantitative estimate of drug-likeness (QED) is 0.845. The van der Waals surface area contributed by atoms with Crippen LogP contribution in [0.3, 0.4) is 0 Å². The van der Waals surface area contributed by atoms with Gasteiger partial charge in [0.2, 0.25) is 5.91 Å². The zero-order chi connectivity index (χ0) is 18.1. The standard InChI is InChI=1S/C22H27N3O/c1-16(2)17-6-8-18(9-7-17)19-15-20(19)22(26)25-13-11-24(12-14-25)21-5-3-4-10-23-21/h3-10,16,19-20H,11-15H2,1-2H3/t19-,20-/m1/s1. The van der Waals surface area contributed by atoms with Crippen LogP contribution in [0.2, 0.25) is 0 Å². The van der Waals surface area contributed by atoms with Gasteiger partial charge in [0.05, 0.1) is 0 Å². The number of benzene rings is 1. The molecule has 2 aliphatic rings. The molecule has 0 unspecified atom stereocenters. The third-order valence-corrected chi connectivity index (χ3v) is 5.70. The number of carbonyl (C=O) groups excluding carboxylic acids is 1. The lowest BCUT2D eigenvalue weighted by Crippen LogP contribution is -2.49. The van der Waals surface area contributed by atoms with Crippen molar-refractivity contribution in [3.63, 3.8) is 0 Å². The average Bonchev–Trinajstić information content (AvgIpc) is 3.49. The summed E-state index contributed by atoms with van der Waals surface area (Å²) in [6, 6.07) is 14.8. The molecule has 1 aromatic heterocycles. The molecule has 136 valence electrons. The summed E-state index contributed by atoms with van der Waals surface area (Å²) >= 11 is 0. The van der Waals surface area contributed by atoms with Crippen molar-refractivity contribution >= 4 is 11.7 Å². The van der Waals surface area contributed by atoms with Crippen LogP contribution in [0.5, 0.6) is 0 Å². The number of piperazine rings is 1. The van der Waals surface area contributed by atoms with Crippen LogP contribution >= 0.6 is 0 Å². The van der Waals surface area contributed by atoms with Crippen molar-refractivity contribution < 1.29 is 4.79 Å². The first kappa shape index (κ1) is 17.1. The maximum Gasteiger partial charge on any atom is 0.226 e. The number of aromatic nitrogens is 1. The first-order chi connectivity index (χ1) is 12.6. The molecule has 0 spiro atoms. The smallest absolute Gasteiger partial charge is 0.226 e. The van der Waals surface area contributed by atoms with Crippen LogP contribution in [0.1, 0.15) is 43.2 Å². The third kappa shape index (κ3) is 3.46. The van der Waals surface area contributed by atoms with Crippen molar-refractivity contribution in [3.8, 4) is 0 Å². The summed E-state index contributed by atoms with van der Waals surface area (Å²) in [5, 5.41) is 0. The first-order valence-corrected chi connectivity index (χ1v) is 9.68. The van der Waals surface area contributed by atoms with Crippen molar-refractivity contribution in [2.24, 2.45) is 5.92 Å². The van der Waals surface area contributed by atoms with E-state index in [-0.39, 0.29) is 5.92 Å². The van der Waals surface area contributed by atoms with E-state index in [9.17, 15) is 4.79 Å². The molecule has 4 nitrogen and oxygen atoms in total. The molecule has 26 heavy (non-hydrogen) atoms. The summed E-state index contributed by atoms with van der Waals surface area (Å²) in [4.78, 5) is 21.6. The highest BCUT2D eigenvalue weighted by Crippen LogP contribution is 2.48. The molecule has 2 fully saturated rings. The fourth-order valence-corrected chi connectivity index (χ4v) is 3.90. The normalized spacial score (nSPS) is 22.6. The van der Waals surface area contributed by atoms with Gasteiger partial charge in [-0.25, -0.2) is 4.98 Å². The number of carbonyl (C=O) groups is 1. The molecule has 0 N–H and O–H groups in total. The molecule has 0 bridgehead atoms. The highest BCUT2D eigenvalue weighted by Gasteiger charge is 2.46. The van der Waals surface area contributed by atoms with Crippen LogP contribution in [0, 0.1) is 5.92 Å². The molecule has 1 aliphatic carbocycles. The van der Waals surface area contributed by atoms with Crippen LogP contribution < -0.4 is 4.90 Å². The number of hydrogen-bond donors (Lipinski definition) is 0. The molecule has 2 atom stereocenters. The monoisotopic (exact) mass is 349 g/mol. The van der Waals surface area contributed by atoms with Crippen LogP contribution in [0.4, 0.5) is 5.82 Å². The summed E-state index contributed by atoms with van der Waals surface area (Å²) in [5.74, 6) is 2.49. The van der Waals surface area contributed by atoms with Gasteiger partial charge in [0.1, 0.15) is 5.82 Å². The van der Waals surface area contributed by atoms with Gasteiger partial charge in [-0.3, -0.25) is 4.79 Å². The van der Waals surface area contributed by atoms with Crippen molar-refractivity contribution in [2.75, 3.05) is 31.1 Å². The Hall–Kier alpha value is -2.36. The second-order valence-electron chi connectivity index (χ2n) is 7.77. The van der Waals surface area contributed by atoms with Crippen LogP contribution in [0.25, 0.3) is 0 Å². The molecule has 1 aromatic carbocycles. The Balaban J connectivity index is 1.32. The number of pyridine rings is 1. The molecule has 2 aromatic rings. The molecular weight excluding hydrogens is 322 g/mol. The number of hydrogen-bond acceptors (Lipinski definition) is 3. The van der Waals surface area contributed by atoms with Crippen LogP contribution in [-0.4, -0.2) is 42.0 Å². The summed E-state index contributed by atoms with van der Waals surface area (Å²) < 4.78 is 0. The van der Waals surface area contributed by atoms with Gasteiger partial charge >= 0.3 is 0 Å². The zero-order valence-electron chi connectivity index (χ0n) is 15.6. The maximum absolute atomic E-state index is 12.9. The number of amides is 1. The Bertz CT molecular complexity index is 749. The minimum Gasteiger partial charge on any atom is -0.353 e. The van der Waals surface area contributed by atoms with Crippen molar-refractivity contribution in [2.45, 2.75) is 32.1 Å². The summed E-state index contributed by atoms with van der Waals surface area (Å²) in [6.07, 6.45) is 2.83. The number of rotatable bonds is 4. The maximum atomic E-state index is 12.9. The lowest BCUT2D eigenvalue weighted by molar-refractivity contribution is -0.133. The van der Waals surface area contributed by atoms with Crippen molar-refractivity contribution in [1.29, 1.82) is 0 Å². The van der Waals surface area contributed by atoms with E-state index < -0.39 is 0 Å². The van der Waals surface area contributed by atoms with Crippen molar-refractivity contribution in [3.05, 3.63) is 59.8 Å². The van der Waals surface area contributed by atoms with Crippen LogP contribution in [0.15, 0.2) is 48.7 Å². The molecule has 4 heteroatoms. The van der Waals surface area contributed by atoms with Gasteiger partial charge in [0.15, 0.2) is 0 Å². The minimum atomic E-state index is 0.182. The lowest BCUT2D eigenvalue weighted by atomic mass is 10.00. The summed E-state index contributed by atoms with van der Waals surface area (Å²) in [5.41, 5.74) is 2.68. The fraction of sp³-hybridized carbons (Fsp3) is 0.455. The second-order valence-corrected chi connectivity index (χ2v) is 7.77. The Morgan fingerprint density at radius 2 is 1.77 bits per heavy atom. The van der Waals surface area contributed by atoms with E-state index in [1.54, 1.807) is 0 Å². The molecule has 1 amide bonds. The molecule has 1 saturated carbocycles. The van der Waals surface area contributed by atoms with E-state index in [4.69, 9.17) is 0 Å². The van der Waals surface area contributed by atoms with Gasteiger partial charge < -0.3 is 9.80 Å². The predicted molar refractivity (Wildman–Crippen MR) is 104 cm³/mol. The molecule has 0 radical (unpaired) electrons. The SMILES string of the molecule is CC(C)c1ccc([C@H]2C[C@H]2C(=O)N2CCN(c3ccccn3)CC2)cc1. The minimum absolute atomic E-state index is 0.182. The van der Waals surface area contributed by atoms with E-state index >= 15 is 0 Å². The van der Waals surface area contributed by atoms with Gasteiger partial charge in [0.25, 0.3) is 0 Å². The molecule has 1 aliphatic heterocycles. The highest BCUT2D eigenvalue weighted by molar-refractivity contribution is 5.83. The Morgan fingerprint density at radius 3 is 2.38 bits per heavy atom. The zero-order valence-corrected chi connectivity index (χ0v) is 15.6. The van der Waals surface area contributed by atoms with Crippen molar-refractivity contribution in [1.82, 2.24) is 9.88 Å². The summed E-state index contributed by atoms with van der Waals surface area (Å²) in [7, 11) is 0. The van der Waals surface area contributed by atoms with Gasteiger partial charge in [0, 0.05) is 38.3 Å². The molecule has 4 rings (SSSR count). The Morgan fingerprint density at radius 1 is 1.04 bits per heavy atom. The Kier molecular flexibility index (Phi) is 4.66. The number of anilines is 1. The van der Waals surface area contributed by atoms with Gasteiger partial charge in [-0.2, -0.15) is 0 Å². The Labute approximate surface area is 155 Å². The highest BCUT2D eigenvalue weighted by atomic mass is 16.2. The van der Waals surface area contributed by atoms with E-state index in [1.165, 1.54) is 11.1 Å². The largest absolute Gasteiger partial charge is 0.353 e. The predicted octanol–water partition coefficient (Wildman–Crippen LogP) is 3.66. The average molecular weight is 349 g/mol.